The SMILES string of the molecule is BC(=O)N1C[C@@H]2COc3ccccc3[C@@H]2[C@H]1C(=O)O. The number of nitrogens with zero attached hydrogens (tertiary/aromatic N) is 1. The van der Waals surface area contributed by atoms with Gasteiger partial charge in [0.05, 0.1) is 6.61 Å². The molecule has 3 rings (SSSR count). The average Bonchev–Trinajstić information content (AvgIpc) is 2.78. The van der Waals surface area contributed by atoms with Crippen LogP contribution in [0, 0.1) is 5.92 Å². The molecule has 0 saturated carbocycles. The van der Waals surface area contributed by atoms with Crippen molar-refractivity contribution in [3.63, 3.8) is 0 Å². The molecule has 98 valence electrons. The van der Waals surface area contributed by atoms with E-state index in [1.54, 1.807) is 0 Å². The van der Waals surface area contributed by atoms with Crippen LogP contribution in [-0.4, -0.2) is 48.8 Å². The number of benzene rings is 1. The molecule has 0 unspecified atom stereocenters. The van der Waals surface area contributed by atoms with Gasteiger partial charge in [-0.2, -0.15) is 0 Å². The first kappa shape index (κ1) is 12.1. The Labute approximate surface area is 111 Å². The fourth-order valence-electron chi connectivity index (χ4n) is 3.21. The number of carboxylic acids is 1. The van der Waals surface area contributed by atoms with Gasteiger partial charge in [-0.1, -0.05) is 18.2 Å². The lowest BCUT2D eigenvalue weighted by molar-refractivity contribution is -0.141. The summed E-state index contributed by atoms with van der Waals surface area (Å²) < 4.78 is 5.66. The molecule has 2 aliphatic rings. The molecule has 2 aliphatic heterocycles. The summed E-state index contributed by atoms with van der Waals surface area (Å²) in [5.74, 6) is -0.523. The Kier molecular flexibility index (Phi) is 2.73. The molecule has 0 spiro atoms. The number of carbonyl (C=O) groups is 2. The number of hydrogen-bond donors (Lipinski definition) is 1. The molecule has 3 atom stereocenters. The number of likely N-dealkylation sites (tertiary alicyclic amines) is 1. The number of hydrogen-bond acceptors (Lipinski definition) is 3. The summed E-state index contributed by atoms with van der Waals surface area (Å²) in [6, 6.07) is 6.70. The number of para-hydroxylation sites is 1. The van der Waals surface area contributed by atoms with Gasteiger partial charge in [0, 0.05) is 23.9 Å². The summed E-state index contributed by atoms with van der Waals surface area (Å²) in [6.45, 7) is 0.917. The van der Waals surface area contributed by atoms with Crippen LogP contribution in [0.2, 0.25) is 0 Å². The van der Waals surface area contributed by atoms with Gasteiger partial charge >= 0.3 is 5.97 Å². The fourth-order valence-corrected chi connectivity index (χ4v) is 3.21. The molecule has 0 bridgehead atoms. The smallest absolute Gasteiger partial charge is 0.327 e. The normalized spacial score (nSPS) is 28.2. The van der Waals surface area contributed by atoms with Crippen molar-refractivity contribution in [1.82, 2.24) is 4.90 Å². The van der Waals surface area contributed by atoms with E-state index >= 15 is 0 Å². The molecule has 1 N–H and O–H groups in total. The van der Waals surface area contributed by atoms with E-state index < -0.39 is 12.0 Å². The molecule has 1 fully saturated rings. The van der Waals surface area contributed by atoms with Crippen LogP contribution >= 0.6 is 0 Å². The van der Waals surface area contributed by atoms with Gasteiger partial charge in [-0.05, 0) is 6.07 Å². The van der Waals surface area contributed by atoms with E-state index in [-0.39, 0.29) is 17.6 Å². The number of amides is 1. The van der Waals surface area contributed by atoms with E-state index in [9.17, 15) is 14.7 Å². The predicted molar refractivity (Wildman–Crippen MR) is 70.2 cm³/mol. The second-order valence-corrected chi connectivity index (χ2v) is 5.09. The maximum atomic E-state index is 11.6. The van der Waals surface area contributed by atoms with Crippen LogP contribution < -0.4 is 4.74 Å². The van der Waals surface area contributed by atoms with Crippen molar-refractivity contribution in [1.29, 1.82) is 0 Å². The molecule has 1 aromatic carbocycles. The summed E-state index contributed by atoms with van der Waals surface area (Å²) >= 11 is 0. The lowest BCUT2D eigenvalue weighted by atomic mass is 9.82. The predicted octanol–water partition coefficient (Wildman–Crippen LogP) is 0.301. The third-order valence-corrected chi connectivity index (χ3v) is 4.00. The van der Waals surface area contributed by atoms with E-state index in [4.69, 9.17) is 4.74 Å². The van der Waals surface area contributed by atoms with Crippen LogP contribution in [0.4, 0.5) is 4.79 Å². The lowest BCUT2D eigenvalue weighted by Crippen LogP contribution is -2.42. The monoisotopic (exact) mass is 259 g/mol. The molecule has 6 heteroatoms. The largest absolute Gasteiger partial charge is 0.493 e. The molecule has 1 saturated heterocycles. The summed E-state index contributed by atoms with van der Waals surface area (Å²) in [5, 5.41) is 9.46. The zero-order chi connectivity index (χ0) is 13.6. The molecule has 0 aromatic heterocycles. The third-order valence-electron chi connectivity index (χ3n) is 4.00. The van der Waals surface area contributed by atoms with Crippen LogP contribution in [0.5, 0.6) is 5.75 Å². The minimum atomic E-state index is -0.945. The lowest BCUT2D eigenvalue weighted by Gasteiger charge is -2.30. The summed E-state index contributed by atoms with van der Waals surface area (Å²) in [5.41, 5.74) is 0.898. The van der Waals surface area contributed by atoms with Crippen molar-refractivity contribution in [2.45, 2.75) is 12.0 Å². The topological polar surface area (TPSA) is 66.8 Å². The maximum Gasteiger partial charge on any atom is 0.327 e. The molecule has 2 heterocycles. The quantitative estimate of drug-likeness (QED) is 0.736. The average molecular weight is 259 g/mol. The minimum Gasteiger partial charge on any atom is -0.493 e. The highest BCUT2D eigenvalue weighted by molar-refractivity contribution is 6.57. The number of fused-ring (bicyclic) bond motifs is 3. The highest BCUT2D eigenvalue weighted by Gasteiger charge is 2.50. The number of rotatable bonds is 1. The van der Waals surface area contributed by atoms with Crippen LogP contribution in [-0.2, 0) is 4.79 Å². The van der Waals surface area contributed by atoms with E-state index in [2.05, 4.69) is 0 Å². The third kappa shape index (κ3) is 1.78. The molecule has 19 heavy (non-hydrogen) atoms. The van der Waals surface area contributed by atoms with Crippen LogP contribution in [0.15, 0.2) is 24.3 Å². The molecule has 5 nitrogen and oxygen atoms in total. The minimum absolute atomic E-state index is 0.0555. The Morgan fingerprint density at radius 3 is 2.79 bits per heavy atom. The Bertz CT molecular complexity index is 547. The fraction of sp³-hybridized carbons (Fsp3) is 0.385. The number of ether oxygens (including phenoxy) is 1. The number of carboxylic acid groups (broad SMARTS) is 1. The highest BCUT2D eigenvalue weighted by Crippen LogP contribution is 2.45. The van der Waals surface area contributed by atoms with E-state index in [0.717, 1.165) is 11.3 Å². The van der Waals surface area contributed by atoms with Gasteiger partial charge in [0.2, 0.25) is 7.85 Å². The molecule has 0 radical (unpaired) electrons. The molecular formula is C13H14BNO4. The summed E-state index contributed by atoms with van der Waals surface area (Å²) in [4.78, 5) is 24.6. The first-order valence-corrected chi connectivity index (χ1v) is 6.31. The van der Waals surface area contributed by atoms with Gasteiger partial charge in [-0.3, -0.25) is 4.79 Å². The Balaban J connectivity index is 2.06. The first-order chi connectivity index (χ1) is 9.09. The van der Waals surface area contributed by atoms with Crippen molar-refractivity contribution in [2.24, 2.45) is 5.92 Å². The van der Waals surface area contributed by atoms with Gasteiger partial charge in [0.1, 0.15) is 11.8 Å². The second kappa shape index (κ2) is 4.29. The van der Waals surface area contributed by atoms with Gasteiger partial charge in [-0.15, -0.1) is 0 Å². The molecule has 0 aliphatic carbocycles. The van der Waals surface area contributed by atoms with Crippen molar-refractivity contribution >= 4 is 19.6 Å². The van der Waals surface area contributed by atoms with Crippen molar-refractivity contribution in [3.05, 3.63) is 29.8 Å². The van der Waals surface area contributed by atoms with Crippen LogP contribution in [0.25, 0.3) is 0 Å². The van der Waals surface area contributed by atoms with Crippen LogP contribution in [0.1, 0.15) is 11.5 Å². The molecular weight excluding hydrogens is 245 g/mol. The zero-order valence-electron chi connectivity index (χ0n) is 10.6. The van der Waals surface area contributed by atoms with E-state index in [1.807, 2.05) is 24.3 Å². The van der Waals surface area contributed by atoms with Gasteiger partial charge in [-0.25, -0.2) is 4.79 Å². The Morgan fingerprint density at radius 1 is 1.37 bits per heavy atom. The van der Waals surface area contributed by atoms with E-state index in [1.165, 1.54) is 12.7 Å². The van der Waals surface area contributed by atoms with E-state index in [0.29, 0.717) is 13.2 Å². The Hall–Kier alpha value is -1.98. The first-order valence-electron chi connectivity index (χ1n) is 6.31. The standard InChI is InChI=1S/C13H14BNO4/c14-13(18)15-5-7-6-19-9-4-2-1-3-8(9)10(7)11(15)12(16)17/h1-4,7,10-11H,5-6,14H2,(H,16,17)/t7-,10-,11+/m1/s1. The van der Waals surface area contributed by atoms with Crippen molar-refractivity contribution in [3.8, 4) is 5.75 Å². The second-order valence-electron chi connectivity index (χ2n) is 5.09. The van der Waals surface area contributed by atoms with Crippen molar-refractivity contribution < 1.29 is 19.4 Å². The molecule has 1 aromatic rings. The summed E-state index contributed by atoms with van der Waals surface area (Å²) in [6.07, 6.45) is 0. The van der Waals surface area contributed by atoms with Gasteiger partial charge < -0.3 is 14.7 Å². The number of carbonyl (C=O) groups excluding carboxylic acids is 1. The summed E-state index contributed by atoms with van der Waals surface area (Å²) in [7, 11) is 1.42. The highest BCUT2D eigenvalue weighted by atomic mass is 16.5. The van der Waals surface area contributed by atoms with Gasteiger partial charge in [0.15, 0.2) is 5.81 Å². The zero-order valence-corrected chi connectivity index (χ0v) is 10.6. The van der Waals surface area contributed by atoms with Crippen LogP contribution in [0.3, 0.4) is 0 Å². The number of aliphatic carboxylic acids is 1. The maximum absolute atomic E-state index is 11.6. The van der Waals surface area contributed by atoms with Gasteiger partial charge in [0.25, 0.3) is 0 Å². The molecule has 1 amide bonds. The Morgan fingerprint density at radius 2 is 2.11 bits per heavy atom. The van der Waals surface area contributed by atoms with Crippen molar-refractivity contribution in [2.75, 3.05) is 13.2 Å².